The largest absolute Gasteiger partial charge is 0.458 e. The van der Waals surface area contributed by atoms with Crippen LogP contribution in [0.25, 0.3) is 22.3 Å². The predicted molar refractivity (Wildman–Crippen MR) is 308 cm³/mol. The molecule has 2 aromatic carbocycles. The van der Waals surface area contributed by atoms with Crippen molar-refractivity contribution in [3.8, 4) is 17.1 Å². The Morgan fingerprint density at radius 3 is 2.25 bits per heavy atom. The van der Waals surface area contributed by atoms with Crippen LogP contribution in [0.1, 0.15) is 102 Å². The zero-order chi connectivity index (χ0) is 60.9. The fourth-order valence-electron chi connectivity index (χ4n) is 9.00. The maximum Gasteiger partial charge on any atom is 0.343 e. The minimum absolute atomic E-state index is 0.0256. The van der Waals surface area contributed by atoms with Gasteiger partial charge in [0, 0.05) is 43.7 Å². The van der Waals surface area contributed by atoms with Gasteiger partial charge in [-0.1, -0.05) is 26.0 Å². The van der Waals surface area contributed by atoms with E-state index in [1.54, 1.807) is 87.7 Å². The number of cyclic esters (lactones) is 1. The summed E-state index contributed by atoms with van der Waals surface area (Å²) in [6, 6.07) is 10.3. The average molecular weight is 1280 g/mol. The van der Waals surface area contributed by atoms with E-state index in [0.29, 0.717) is 41.2 Å². The topological polar surface area (TPSA) is 318 Å². The number of pyridine rings is 2. The third kappa shape index (κ3) is 16.7. The van der Waals surface area contributed by atoms with Crippen molar-refractivity contribution in [1.29, 1.82) is 0 Å². The molecule has 24 nitrogen and oxygen atoms in total. The quantitative estimate of drug-likeness (QED) is 0.0181. The molecule has 4 heterocycles. The number of likely N-dealkylation sites (N-methyl/N-ethyl adjacent to an activating group) is 2. The van der Waals surface area contributed by atoms with Crippen molar-refractivity contribution in [3.63, 3.8) is 0 Å². The Hall–Kier alpha value is -7.24. The molecule has 2 aromatic heterocycles. The van der Waals surface area contributed by atoms with Gasteiger partial charge in [-0.15, -0.1) is 0 Å². The summed E-state index contributed by atoms with van der Waals surface area (Å²) in [5.74, 6) is -2.56. The summed E-state index contributed by atoms with van der Waals surface area (Å²) in [5.41, 5.74) is 7.68. The molecular formula is C57H75N9O15Se2. The van der Waals surface area contributed by atoms with Gasteiger partial charge < -0.3 is 44.7 Å². The van der Waals surface area contributed by atoms with Gasteiger partial charge in [0.2, 0.25) is 0 Å². The number of aryl methyl sites for hydroxylation is 1. The minimum Gasteiger partial charge on any atom is -0.458 e. The Morgan fingerprint density at radius 2 is 1.60 bits per heavy atom. The van der Waals surface area contributed by atoms with Gasteiger partial charge in [0.15, 0.2) is 5.60 Å². The fourth-order valence-corrected chi connectivity index (χ4v) is 16.0. The Balaban J connectivity index is 0.976. The van der Waals surface area contributed by atoms with Crippen molar-refractivity contribution >= 4 is 90.9 Å². The SMILES string of the molecule is CCc1c2c(nc3ccc(OC(=O)N(C)CCN(C)C(=O)OCc4ccc(NC(=O)[C@H](CCCNC(N)=O)NC(=O)[C@@H](NC(=O)OCC(C)(C)[Se][Se]CCOC(=O)C(C)C)C(C)C)cc4)cc13)-c1cc3c(c(=O)n1C2)COC(=O)[C@]3(O)CC. The molecule has 0 saturated heterocycles. The van der Waals surface area contributed by atoms with Gasteiger partial charge in [0.1, 0.15) is 19.0 Å². The number of carbonyl (C=O) groups excluding carboxylic acids is 8. The van der Waals surface area contributed by atoms with Crippen LogP contribution in [-0.2, 0) is 69.9 Å². The molecule has 0 bridgehead atoms. The number of hydrogen-bond acceptors (Lipinski definition) is 16. The van der Waals surface area contributed by atoms with E-state index in [2.05, 4.69) is 21.3 Å². The molecule has 2 aliphatic rings. The second kappa shape index (κ2) is 28.8. The van der Waals surface area contributed by atoms with Gasteiger partial charge in [0.25, 0.3) is 5.56 Å². The number of aliphatic hydroxyl groups is 1. The van der Waals surface area contributed by atoms with E-state index in [-0.39, 0.29) is 130 Å². The second-order valence-electron chi connectivity index (χ2n) is 21.4. The molecule has 26 heteroatoms. The zero-order valence-electron chi connectivity index (χ0n) is 48.5. The molecule has 7 amide bonds. The molecule has 7 N–H and O–H groups in total. The molecule has 3 atom stereocenters. The summed E-state index contributed by atoms with van der Waals surface area (Å²) in [4.78, 5) is 124. The zero-order valence-corrected chi connectivity index (χ0v) is 51.9. The third-order valence-electron chi connectivity index (χ3n) is 13.9. The molecule has 0 aliphatic carbocycles. The first kappa shape index (κ1) is 64.9. The predicted octanol–water partition coefficient (Wildman–Crippen LogP) is 5.10. The number of nitrogens with two attached hydrogens (primary N) is 1. The standard InChI is InChI=1S/C57H75N9O15Se2/c1-11-37-38-26-36(19-20-42(38)61-46-39(37)28-66-44(46)27-41-40(49(66)69)30-78-51(71)57(41,76)12-2)81-55(75)65(10)23-22-64(9)54(74)79-29-34-15-17-35(18-16-34)60-47(67)43(14-13-21-59-52(58)72)62-48(68)45(32(3)4)63-53(73)80-31-56(7,8)83-82-25-24-77-50(70)33(5)6/h15-20,26-27,32-33,43,45,76H,11-14,21-25,28-31H2,1-10H3,(H,60,67)(H,62,68)(H,63,73)(H3,58,59,72)/t43-,45-,57-/m0/s1. The molecule has 2 aliphatic heterocycles. The number of rotatable bonds is 26. The van der Waals surface area contributed by atoms with Gasteiger partial charge in [-0.3, -0.25) is 4.79 Å². The van der Waals surface area contributed by atoms with Crippen LogP contribution in [0.15, 0.2) is 53.3 Å². The summed E-state index contributed by atoms with van der Waals surface area (Å²) in [6.07, 6.45) is -1.17. The normalized spacial score (nSPS) is 15.0. The van der Waals surface area contributed by atoms with Crippen molar-refractivity contribution in [2.75, 3.05) is 52.3 Å². The summed E-state index contributed by atoms with van der Waals surface area (Å²) in [6.45, 7) is 15.3. The van der Waals surface area contributed by atoms with Gasteiger partial charge in [-0.2, -0.15) is 0 Å². The van der Waals surface area contributed by atoms with Gasteiger partial charge in [-0.25, -0.2) is 24.2 Å². The first-order chi connectivity index (χ1) is 39.3. The number of amides is 7. The number of ether oxygens (including phenoxy) is 5. The van der Waals surface area contributed by atoms with Crippen LogP contribution >= 0.6 is 0 Å². The van der Waals surface area contributed by atoms with Crippen molar-refractivity contribution in [2.24, 2.45) is 17.6 Å². The van der Waals surface area contributed by atoms with E-state index >= 15 is 0 Å². The molecule has 450 valence electrons. The van der Waals surface area contributed by atoms with E-state index < -0.39 is 65.7 Å². The number of anilines is 1. The second-order valence-corrected chi connectivity index (χ2v) is 29.8. The number of aromatic nitrogens is 2. The molecule has 0 radical (unpaired) electrons. The van der Waals surface area contributed by atoms with Crippen LogP contribution in [0.5, 0.6) is 5.75 Å². The first-order valence-electron chi connectivity index (χ1n) is 27.3. The van der Waals surface area contributed by atoms with Crippen molar-refractivity contribution in [1.82, 2.24) is 35.3 Å². The van der Waals surface area contributed by atoms with Crippen LogP contribution < -0.4 is 37.3 Å². The molecule has 0 saturated carbocycles. The Kier molecular flexibility index (Phi) is 22.6. The van der Waals surface area contributed by atoms with Crippen LogP contribution in [0.3, 0.4) is 0 Å². The number of primary amides is 1. The monoisotopic (exact) mass is 1290 g/mol. The molecule has 0 unspecified atom stereocenters. The Bertz CT molecular complexity index is 3140. The summed E-state index contributed by atoms with van der Waals surface area (Å²) in [5, 5.41) is 23.4. The van der Waals surface area contributed by atoms with Crippen LogP contribution in [0.2, 0.25) is 9.63 Å². The molecular weight excluding hydrogens is 1210 g/mol. The van der Waals surface area contributed by atoms with Gasteiger partial charge in [0.05, 0.1) is 29.0 Å². The number of benzene rings is 2. The number of esters is 2. The van der Waals surface area contributed by atoms with Crippen LogP contribution in [-0.4, -0.2) is 158 Å². The van der Waals surface area contributed by atoms with E-state index in [9.17, 15) is 48.3 Å². The van der Waals surface area contributed by atoms with E-state index in [1.165, 1.54) is 23.9 Å². The minimum atomic E-state index is -1.95. The van der Waals surface area contributed by atoms with Crippen molar-refractivity contribution in [3.05, 3.63) is 86.7 Å². The molecule has 0 spiro atoms. The number of fused-ring (bicyclic) bond motifs is 5. The summed E-state index contributed by atoms with van der Waals surface area (Å²) in [7, 11) is 3.05. The van der Waals surface area contributed by atoms with E-state index in [1.807, 2.05) is 20.8 Å². The van der Waals surface area contributed by atoms with Crippen LogP contribution in [0, 0.1) is 11.8 Å². The molecule has 6 rings (SSSR count). The smallest absolute Gasteiger partial charge is 0.343 e. The number of urea groups is 1. The average Bonchev–Trinajstić information content (AvgIpc) is 1.87. The molecule has 0 fully saturated rings. The summed E-state index contributed by atoms with van der Waals surface area (Å²) >= 11 is 0.306. The van der Waals surface area contributed by atoms with Gasteiger partial charge in [-0.05, 0) is 60.4 Å². The maximum absolute atomic E-state index is 13.8. The Labute approximate surface area is 492 Å². The fraction of sp³-hybridized carbons (Fsp3) is 0.509. The number of hydrogen-bond donors (Lipinski definition) is 6. The molecule has 83 heavy (non-hydrogen) atoms. The maximum atomic E-state index is 13.8. The van der Waals surface area contributed by atoms with E-state index in [4.69, 9.17) is 34.4 Å². The summed E-state index contributed by atoms with van der Waals surface area (Å²) < 4.78 is 28.6. The van der Waals surface area contributed by atoms with Crippen LogP contribution in [0.4, 0.5) is 24.9 Å². The van der Waals surface area contributed by atoms with E-state index in [0.717, 1.165) is 21.8 Å². The molecule has 4 aromatic rings. The Morgan fingerprint density at radius 1 is 0.904 bits per heavy atom. The first-order valence-corrected chi connectivity index (χ1v) is 33.7. The number of carbonyl (C=O) groups is 8. The number of nitrogens with one attached hydrogen (secondary N) is 4. The van der Waals surface area contributed by atoms with Gasteiger partial charge >= 0.3 is 232 Å². The number of alkyl carbamates (subject to hydrolysis) is 1. The van der Waals surface area contributed by atoms with Crippen molar-refractivity contribution < 1.29 is 67.1 Å². The third-order valence-corrected chi connectivity index (χ3v) is 24.0. The van der Waals surface area contributed by atoms with Crippen molar-refractivity contribution in [2.45, 2.75) is 128 Å². The number of nitrogens with zero attached hydrogens (tertiary/aromatic N) is 4.